The molecule has 0 spiro atoms. The average Bonchev–Trinajstić information content (AvgIpc) is 3.54. The van der Waals surface area contributed by atoms with Crippen LogP contribution in [0.25, 0.3) is 5.69 Å². The van der Waals surface area contributed by atoms with E-state index in [1.807, 2.05) is 60.8 Å². The third kappa shape index (κ3) is 5.15. The molecule has 1 saturated heterocycles. The van der Waals surface area contributed by atoms with Crippen molar-refractivity contribution in [2.24, 2.45) is 0 Å². The molecule has 8 nitrogen and oxygen atoms in total. The highest BCUT2D eigenvalue weighted by Gasteiger charge is 2.42. The smallest absolute Gasteiger partial charge is 0.250 e. The van der Waals surface area contributed by atoms with E-state index in [4.69, 9.17) is 21.7 Å². The van der Waals surface area contributed by atoms with E-state index < -0.39 is 0 Å². The van der Waals surface area contributed by atoms with Gasteiger partial charge in [0, 0.05) is 41.0 Å². The Morgan fingerprint density at radius 3 is 2.58 bits per heavy atom. The molecule has 0 aliphatic carbocycles. The molecule has 1 amide bonds. The van der Waals surface area contributed by atoms with Crippen LogP contribution in [0.1, 0.15) is 23.5 Å². The maximum atomic E-state index is 12.3. The number of benzene rings is 2. The molecule has 0 saturated carbocycles. The largest absolute Gasteiger partial charge is 0.495 e. The first-order valence-corrected chi connectivity index (χ1v) is 13.1. The lowest BCUT2D eigenvalue weighted by Crippen LogP contribution is -2.30. The molecular weight excluding hydrogens is 566 g/mol. The number of anilines is 2. The molecule has 0 unspecified atom stereocenters. The Morgan fingerprint density at radius 2 is 1.87 bits per heavy atom. The van der Waals surface area contributed by atoms with Crippen molar-refractivity contribution in [1.82, 2.24) is 14.9 Å². The number of thiocarbonyl (C=S) groups is 1. The number of aromatic nitrogens is 2. The molecule has 2 aromatic heterocycles. The minimum atomic E-state index is -0.280. The Bertz CT molecular complexity index is 1440. The summed E-state index contributed by atoms with van der Waals surface area (Å²) >= 11 is 9.42. The van der Waals surface area contributed by atoms with Gasteiger partial charge in [-0.25, -0.2) is 0 Å². The van der Waals surface area contributed by atoms with Crippen LogP contribution in [0.15, 0.2) is 89.7 Å². The van der Waals surface area contributed by atoms with Gasteiger partial charge in [-0.3, -0.25) is 9.78 Å². The lowest BCUT2D eigenvalue weighted by molar-refractivity contribution is -0.119. The fourth-order valence-corrected chi connectivity index (χ4v) is 5.28. The number of carbonyl (C=O) groups excluding carboxylic acids is 1. The van der Waals surface area contributed by atoms with Crippen LogP contribution in [-0.2, 0) is 9.53 Å². The Morgan fingerprint density at radius 1 is 1.08 bits per heavy atom. The van der Waals surface area contributed by atoms with Crippen molar-refractivity contribution in [2.75, 3.05) is 31.0 Å². The van der Waals surface area contributed by atoms with Crippen LogP contribution in [0.5, 0.6) is 5.75 Å². The number of hydrogen-bond donors (Lipinski definition) is 2. The first-order chi connectivity index (χ1) is 18.5. The Balaban J connectivity index is 1.62. The molecule has 2 N–H and O–H groups in total. The number of pyridine rings is 1. The number of methoxy groups -OCH3 is 2. The third-order valence-electron chi connectivity index (χ3n) is 6.30. The van der Waals surface area contributed by atoms with E-state index in [0.29, 0.717) is 16.5 Å². The van der Waals surface area contributed by atoms with E-state index in [2.05, 4.69) is 59.2 Å². The van der Waals surface area contributed by atoms with E-state index in [1.165, 1.54) is 7.11 Å². The molecule has 194 valence electrons. The number of ether oxygens (including phenoxy) is 2. The molecule has 0 radical (unpaired) electrons. The van der Waals surface area contributed by atoms with Crippen LogP contribution in [0, 0.1) is 0 Å². The number of nitrogens with zero attached hydrogens (tertiary/aromatic N) is 3. The lowest BCUT2D eigenvalue weighted by Gasteiger charge is -2.29. The van der Waals surface area contributed by atoms with Crippen LogP contribution in [0.4, 0.5) is 11.4 Å². The van der Waals surface area contributed by atoms with Gasteiger partial charge in [-0.05, 0) is 78.9 Å². The van der Waals surface area contributed by atoms with Gasteiger partial charge < -0.3 is 29.6 Å². The fourth-order valence-electron chi connectivity index (χ4n) is 4.67. The number of amides is 1. The molecule has 38 heavy (non-hydrogen) atoms. The zero-order valence-corrected chi connectivity index (χ0v) is 23.2. The molecule has 1 aliphatic heterocycles. The normalized spacial score (nSPS) is 16.8. The Hall–Kier alpha value is -3.73. The van der Waals surface area contributed by atoms with Gasteiger partial charge in [-0.2, -0.15) is 0 Å². The summed E-state index contributed by atoms with van der Waals surface area (Å²) in [7, 11) is 3.04. The second kappa shape index (κ2) is 11.3. The van der Waals surface area contributed by atoms with Gasteiger partial charge >= 0.3 is 0 Å². The van der Waals surface area contributed by atoms with Crippen LogP contribution < -0.4 is 20.3 Å². The summed E-state index contributed by atoms with van der Waals surface area (Å²) in [4.78, 5) is 19.0. The summed E-state index contributed by atoms with van der Waals surface area (Å²) in [5.41, 5.74) is 4.23. The lowest BCUT2D eigenvalue weighted by atomic mass is 10.0. The Kier molecular flexibility index (Phi) is 7.73. The maximum absolute atomic E-state index is 12.3. The molecule has 3 heterocycles. The van der Waals surface area contributed by atoms with Crippen molar-refractivity contribution >= 4 is 50.5 Å². The van der Waals surface area contributed by atoms with Crippen LogP contribution in [0.2, 0.25) is 0 Å². The number of rotatable bonds is 8. The number of nitrogens with one attached hydrogen (secondary N) is 2. The minimum absolute atomic E-state index is 0.0673. The van der Waals surface area contributed by atoms with Crippen molar-refractivity contribution in [2.45, 2.75) is 12.1 Å². The van der Waals surface area contributed by atoms with Gasteiger partial charge in [0.1, 0.15) is 18.4 Å². The zero-order chi connectivity index (χ0) is 26.6. The summed E-state index contributed by atoms with van der Waals surface area (Å²) in [5, 5.41) is 6.91. The monoisotopic (exact) mass is 591 g/mol. The minimum Gasteiger partial charge on any atom is -0.495 e. The second-order valence-corrected chi connectivity index (χ2v) is 9.94. The van der Waals surface area contributed by atoms with E-state index >= 15 is 0 Å². The highest BCUT2D eigenvalue weighted by molar-refractivity contribution is 9.10. The van der Waals surface area contributed by atoms with Crippen molar-refractivity contribution in [1.29, 1.82) is 0 Å². The van der Waals surface area contributed by atoms with Gasteiger partial charge in [0.05, 0.1) is 24.5 Å². The van der Waals surface area contributed by atoms with Crippen molar-refractivity contribution in [3.63, 3.8) is 0 Å². The summed E-state index contributed by atoms with van der Waals surface area (Å²) in [5.74, 6) is 0.254. The van der Waals surface area contributed by atoms with Gasteiger partial charge in [0.25, 0.3) is 0 Å². The van der Waals surface area contributed by atoms with E-state index in [-0.39, 0.29) is 24.6 Å². The van der Waals surface area contributed by atoms with Crippen molar-refractivity contribution < 1.29 is 14.3 Å². The number of hydrogen-bond acceptors (Lipinski definition) is 5. The van der Waals surface area contributed by atoms with Gasteiger partial charge in [-0.1, -0.05) is 22.0 Å². The number of halogens is 1. The molecule has 10 heteroatoms. The average molecular weight is 593 g/mol. The molecule has 5 rings (SSSR count). The fraction of sp³-hybridized carbons (Fsp3) is 0.179. The zero-order valence-electron chi connectivity index (χ0n) is 20.8. The maximum Gasteiger partial charge on any atom is 0.250 e. The molecule has 2 atom stereocenters. The summed E-state index contributed by atoms with van der Waals surface area (Å²) in [6.07, 6.45) is 3.82. The van der Waals surface area contributed by atoms with Crippen LogP contribution in [-0.4, -0.2) is 41.4 Å². The summed E-state index contributed by atoms with van der Waals surface area (Å²) < 4.78 is 13.6. The molecule has 1 aliphatic rings. The predicted octanol–water partition coefficient (Wildman–Crippen LogP) is 5.41. The molecular formula is C28H26BrN5O3S. The predicted molar refractivity (Wildman–Crippen MR) is 155 cm³/mol. The third-order valence-corrected chi connectivity index (χ3v) is 7.14. The highest BCUT2D eigenvalue weighted by atomic mass is 79.9. The van der Waals surface area contributed by atoms with Gasteiger partial charge in [-0.15, -0.1) is 0 Å². The molecule has 0 bridgehead atoms. The SMILES string of the molecule is COCC(=O)Nc1cc(N2C(=S)N[C@@H](c3ccccn3)[C@@H]2c2cccn2-c2ccc(Br)cc2)ccc1OC. The van der Waals surface area contributed by atoms with Gasteiger partial charge in [0.2, 0.25) is 5.91 Å². The van der Waals surface area contributed by atoms with E-state index in [9.17, 15) is 4.79 Å². The molecule has 2 aromatic carbocycles. The van der Waals surface area contributed by atoms with E-state index in [1.54, 1.807) is 13.3 Å². The standard InChI is InChI=1S/C28H26BrN5O3S/c1-36-17-25(35)31-22-16-20(12-13-24(22)37-2)34-27(26(32-28(34)38)21-6-3-4-14-30-21)23-7-5-15-33(23)19-10-8-18(29)9-11-19/h3-16,26-27H,17H2,1-2H3,(H,31,35)(H,32,38)/t26-,27-/m0/s1. The molecule has 4 aromatic rings. The quantitative estimate of drug-likeness (QED) is 0.265. The Labute approximate surface area is 234 Å². The number of carbonyl (C=O) groups is 1. The van der Waals surface area contributed by atoms with Crippen molar-refractivity contribution in [3.8, 4) is 11.4 Å². The topological polar surface area (TPSA) is 80.7 Å². The summed E-state index contributed by atoms with van der Waals surface area (Å²) in [6.45, 7) is -0.0673. The summed E-state index contributed by atoms with van der Waals surface area (Å²) in [6, 6.07) is 23.3. The van der Waals surface area contributed by atoms with Crippen LogP contribution >= 0.6 is 28.1 Å². The van der Waals surface area contributed by atoms with Crippen molar-refractivity contribution in [3.05, 3.63) is 101 Å². The highest BCUT2D eigenvalue weighted by Crippen LogP contribution is 2.43. The van der Waals surface area contributed by atoms with Gasteiger partial charge in [0.15, 0.2) is 5.11 Å². The molecule has 1 fully saturated rings. The first kappa shape index (κ1) is 25.9. The van der Waals surface area contributed by atoms with Crippen LogP contribution in [0.3, 0.4) is 0 Å². The van der Waals surface area contributed by atoms with E-state index in [0.717, 1.165) is 27.2 Å². The first-order valence-electron chi connectivity index (χ1n) is 11.9. The second-order valence-electron chi connectivity index (χ2n) is 8.64.